The molecule has 3 nitrogen and oxygen atoms in total. The van der Waals surface area contributed by atoms with Gasteiger partial charge in [0.2, 0.25) is 5.91 Å². The van der Waals surface area contributed by atoms with Crippen molar-refractivity contribution in [3.05, 3.63) is 0 Å². The third-order valence-electron chi connectivity index (χ3n) is 3.92. The van der Waals surface area contributed by atoms with E-state index in [1.165, 1.54) is 0 Å². The fraction of sp³-hybridized carbons (Fsp3) is 0.933. The summed E-state index contributed by atoms with van der Waals surface area (Å²) in [4.78, 5) is 14.7. The molecule has 18 heavy (non-hydrogen) atoms. The van der Waals surface area contributed by atoms with E-state index < -0.39 is 0 Å². The molecule has 1 amide bonds. The molecule has 0 bridgehead atoms. The lowest BCUT2D eigenvalue weighted by Crippen LogP contribution is -2.47. The number of rotatable bonds is 7. The Labute approximate surface area is 112 Å². The summed E-state index contributed by atoms with van der Waals surface area (Å²) in [5.74, 6) is 0.803. The molecule has 1 saturated heterocycles. The fourth-order valence-electron chi connectivity index (χ4n) is 2.96. The maximum atomic E-state index is 12.5. The first kappa shape index (κ1) is 15.5. The minimum absolute atomic E-state index is 0.0494. The highest BCUT2D eigenvalue weighted by molar-refractivity contribution is 5.84. The molecule has 3 atom stereocenters. The van der Waals surface area contributed by atoms with Crippen LogP contribution in [0.4, 0.5) is 0 Å². The van der Waals surface area contributed by atoms with Gasteiger partial charge in [-0.3, -0.25) is 10.1 Å². The first-order valence-electron chi connectivity index (χ1n) is 7.64. The zero-order valence-corrected chi connectivity index (χ0v) is 12.7. The Kier molecular flexibility index (Phi) is 6.13. The van der Waals surface area contributed by atoms with Gasteiger partial charge in [0, 0.05) is 6.04 Å². The standard InChI is InChI=1S/C15H30N2O/c1-6-9-12(8-3)17-14(11(4)5)16-13(10-7-2)15(17)18/h11-14,16H,6-10H2,1-5H3. The molecule has 1 N–H and O–H groups in total. The second-order valence-corrected chi connectivity index (χ2v) is 5.79. The Morgan fingerprint density at radius 2 is 1.89 bits per heavy atom. The molecule has 1 aliphatic heterocycles. The predicted octanol–water partition coefficient (Wildman–Crippen LogP) is 3.15. The Bertz CT molecular complexity index is 265. The molecule has 106 valence electrons. The third-order valence-corrected chi connectivity index (χ3v) is 3.92. The summed E-state index contributed by atoms with van der Waals surface area (Å²) >= 11 is 0. The van der Waals surface area contributed by atoms with Crippen LogP contribution in [0.2, 0.25) is 0 Å². The lowest BCUT2D eigenvalue weighted by molar-refractivity contribution is -0.133. The van der Waals surface area contributed by atoms with Crippen molar-refractivity contribution in [2.45, 2.75) is 85.0 Å². The van der Waals surface area contributed by atoms with Crippen LogP contribution in [0.25, 0.3) is 0 Å². The summed E-state index contributed by atoms with van der Waals surface area (Å²) in [6, 6.07) is 0.456. The zero-order valence-electron chi connectivity index (χ0n) is 12.7. The largest absolute Gasteiger partial charge is 0.323 e. The monoisotopic (exact) mass is 254 g/mol. The first-order valence-corrected chi connectivity index (χ1v) is 7.64. The van der Waals surface area contributed by atoms with E-state index in [4.69, 9.17) is 0 Å². The Morgan fingerprint density at radius 3 is 2.33 bits per heavy atom. The Hall–Kier alpha value is -0.570. The molecule has 3 unspecified atom stereocenters. The van der Waals surface area contributed by atoms with Crippen molar-refractivity contribution in [2.75, 3.05) is 0 Å². The van der Waals surface area contributed by atoms with Crippen LogP contribution in [-0.4, -0.2) is 29.1 Å². The molecule has 0 aromatic rings. The summed E-state index contributed by atoms with van der Waals surface area (Å²) in [5, 5.41) is 3.54. The molecule has 3 heteroatoms. The zero-order chi connectivity index (χ0) is 13.7. The molecule has 1 heterocycles. The van der Waals surface area contributed by atoms with Gasteiger partial charge in [0.15, 0.2) is 0 Å². The van der Waals surface area contributed by atoms with Gasteiger partial charge >= 0.3 is 0 Å². The quantitative estimate of drug-likeness (QED) is 0.757. The molecular formula is C15H30N2O. The first-order chi connectivity index (χ1) is 8.56. The van der Waals surface area contributed by atoms with Crippen molar-refractivity contribution in [1.29, 1.82) is 0 Å². The van der Waals surface area contributed by atoms with Crippen LogP contribution < -0.4 is 5.32 Å². The van der Waals surface area contributed by atoms with E-state index in [9.17, 15) is 4.79 Å². The minimum atomic E-state index is 0.0494. The lowest BCUT2D eigenvalue weighted by atomic mass is 10.0. The SMILES string of the molecule is CCCC1NC(C(C)C)N(C(CC)CCC)C1=O. The topological polar surface area (TPSA) is 32.3 Å². The number of nitrogens with zero attached hydrogens (tertiary/aromatic N) is 1. The molecule has 1 aliphatic rings. The summed E-state index contributed by atoms with van der Waals surface area (Å²) in [5.41, 5.74) is 0. The molecule has 0 radical (unpaired) electrons. The molecule has 0 aliphatic carbocycles. The lowest BCUT2D eigenvalue weighted by Gasteiger charge is -2.34. The van der Waals surface area contributed by atoms with E-state index >= 15 is 0 Å². The highest BCUT2D eigenvalue weighted by Crippen LogP contribution is 2.25. The van der Waals surface area contributed by atoms with Gasteiger partial charge in [-0.05, 0) is 25.2 Å². The Balaban J connectivity index is 2.85. The molecule has 0 spiro atoms. The summed E-state index contributed by atoms with van der Waals surface area (Å²) < 4.78 is 0. The van der Waals surface area contributed by atoms with Crippen LogP contribution in [0.3, 0.4) is 0 Å². The van der Waals surface area contributed by atoms with E-state index in [-0.39, 0.29) is 12.2 Å². The molecule has 1 rings (SSSR count). The second-order valence-electron chi connectivity index (χ2n) is 5.79. The van der Waals surface area contributed by atoms with Gasteiger partial charge in [-0.2, -0.15) is 0 Å². The maximum absolute atomic E-state index is 12.5. The van der Waals surface area contributed by atoms with Crippen LogP contribution in [0.15, 0.2) is 0 Å². The summed E-state index contributed by atoms with van der Waals surface area (Å²) in [6.07, 6.45) is 5.57. The smallest absolute Gasteiger partial charge is 0.241 e. The van der Waals surface area contributed by atoms with Crippen molar-refractivity contribution in [3.8, 4) is 0 Å². The van der Waals surface area contributed by atoms with Crippen molar-refractivity contribution in [1.82, 2.24) is 10.2 Å². The average molecular weight is 254 g/mol. The van der Waals surface area contributed by atoms with Gasteiger partial charge in [-0.25, -0.2) is 0 Å². The number of carbonyl (C=O) groups excluding carboxylic acids is 1. The molecular weight excluding hydrogens is 224 g/mol. The predicted molar refractivity (Wildman–Crippen MR) is 76.3 cm³/mol. The van der Waals surface area contributed by atoms with Gasteiger partial charge < -0.3 is 4.90 Å². The van der Waals surface area contributed by atoms with E-state index in [0.29, 0.717) is 17.9 Å². The number of hydrogen-bond acceptors (Lipinski definition) is 2. The van der Waals surface area contributed by atoms with E-state index in [1.807, 2.05) is 0 Å². The van der Waals surface area contributed by atoms with Gasteiger partial charge in [0.25, 0.3) is 0 Å². The van der Waals surface area contributed by atoms with Crippen molar-refractivity contribution in [3.63, 3.8) is 0 Å². The second kappa shape index (κ2) is 7.13. The van der Waals surface area contributed by atoms with E-state index in [0.717, 1.165) is 32.1 Å². The van der Waals surface area contributed by atoms with Gasteiger partial charge in [0.1, 0.15) is 0 Å². The molecule has 1 fully saturated rings. The third kappa shape index (κ3) is 3.25. The summed E-state index contributed by atoms with van der Waals surface area (Å²) in [6.45, 7) is 10.9. The normalized spacial score (nSPS) is 26.1. The van der Waals surface area contributed by atoms with Crippen molar-refractivity contribution in [2.24, 2.45) is 5.92 Å². The number of hydrogen-bond donors (Lipinski definition) is 1. The van der Waals surface area contributed by atoms with Gasteiger partial charge in [-0.1, -0.05) is 47.5 Å². The highest BCUT2D eigenvalue weighted by Gasteiger charge is 2.42. The van der Waals surface area contributed by atoms with Crippen LogP contribution in [0.5, 0.6) is 0 Å². The number of amides is 1. The van der Waals surface area contributed by atoms with Gasteiger partial charge in [-0.15, -0.1) is 0 Å². The summed E-state index contributed by atoms with van der Waals surface area (Å²) in [7, 11) is 0. The minimum Gasteiger partial charge on any atom is -0.323 e. The Morgan fingerprint density at radius 1 is 1.22 bits per heavy atom. The van der Waals surface area contributed by atoms with Crippen LogP contribution >= 0.6 is 0 Å². The van der Waals surface area contributed by atoms with Crippen molar-refractivity contribution < 1.29 is 4.79 Å². The van der Waals surface area contributed by atoms with Crippen LogP contribution in [0, 0.1) is 5.92 Å². The van der Waals surface area contributed by atoms with Gasteiger partial charge in [0.05, 0.1) is 12.2 Å². The number of carbonyl (C=O) groups is 1. The average Bonchev–Trinajstić information content (AvgIpc) is 2.65. The van der Waals surface area contributed by atoms with E-state index in [2.05, 4.69) is 44.8 Å². The molecule has 0 aromatic carbocycles. The van der Waals surface area contributed by atoms with Crippen LogP contribution in [0.1, 0.15) is 66.7 Å². The van der Waals surface area contributed by atoms with Crippen molar-refractivity contribution >= 4 is 5.91 Å². The maximum Gasteiger partial charge on any atom is 0.241 e. The van der Waals surface area contributed by atoms with E-state index in [1.54, 1.807) is 0 Å². The molecule has 0 saturated carbocycles. The number of nitrogens with one attached hydrogen (secondary N) is 1. The highest BCUT2D eigenvalue weighted by atomic mass is 16.2. The fourth-order valence-corrected chi connectivity index (χ4v) is 2.96. The molecule has 0 aromatic heterocycles. The van der Waals surface area contributed by atoms with Crippen LogP contribution in [-0.2, 0) is 4.79 Å².